The Balaban J connectivity index is 1.55. The van der Waals surface area contributed by atoms with Gasteiger partial charge in [-0.1, -0.05) is 5.16 Å². The Morgan fingerprint density at radius 2 is 2.08 bits per heavy atom. The quantitative estimate of drug-likeness (QED) is 0.664. The molecule has 1 aromatic carbocycles. The number of anilines is 1. The molecule has 2 aromatic heterocycles. The predicted octanol–water partition coefficient (Wildman–Crippen LogP) is 3.01. The van der Waals surface area contributed by atoms with E-state index in [2.05, 4.69) is 15.5 Å². The first-order valence-electron chi connectivity index (χ1n) is 7.45. The number of hydrogen-bond acceptors (Lipinski definition) is 8. The van der Waals surface area contributed by atoms with Crippen molar-refractivity contribution < 1.29 is 18.8 Å². The van der Waals surface area contributed by atoms with Crippen LogP contribution in [0.3, 0.4) is 0 Å². The van der Waals surface area contributed by atoms with E-state index in [9.17, 15) is 9.59 Å². The lowest BCUT2D eigenvalue weighted by atomic mass is 10.2. The van der Waals surface area contributed by atoms with Crippen LogP contribution < -0.4 is 5.32 Å². The van der Waals surface area contributed by atoms with Crippen molar-refractivity contribution >= 4 is 28.9 Å². The van der Waals surface area contributed by atoms with Crippen LogP contribution in [0.2, 0.25) is 0 Å². The van der Waals surface area contributed by atoms with Crippen LogP contribution in [-0.2, 0) is 16.1 Å². The summed E-state index contributed by atoms with van der Waals surface area (Å²) in [6.07, 6.45) is -0.235. The largest absolute Gasteiger partial charge is 0.452 e. The van der Waals surface area contributed by atoms with Gasteiger partial charge in [0.05, 0.1) is 11.6 Å². The first-order valence-corrected chi connectivity index (χ1v) is 8.39. The van der Waals surface area contributed by atoms with Crippen molar-refractivity contribution in [1.82, 2.24) is 10.1 Å². The first-order chi connectivity index (χ1) is 12.7. The zero-order chi connectivity index (χ0) is 18.4. The van der Waals surface area contributed by atoms with Crippen LogP contribution >= 0.6 is 11.3 Å². The monoisotopic (exact) mass is 368 g/mol. The number of ether oxygens (including phenoxy) is 1. The minimum Gasteiger partial charge on any atom is -0.452 e. The number of hydrogen-bond donors (Lipinski definition) is 1. The van der Waals surface area contributed by atoms with Crippen molar-refractivity contribution in [3.63, 3.8) is 0 Å². The van der Waals surface area contributed by atoms with Crippen LogP contribution in [0, 0.1) is 11.3 Å². The third-order valence-corrected chi connectivity index (χ3v) is 3.90. The Hall–Kier alpha value is -3.51. The van der Waals surface area contributed by atoms with Crippen LogP contribution in [0.1, 0.15) is 22.7 Å². The van der Waals surface area contributed by atoms with Gasteiger partial charge in [0.25, 0.3) is 5.89 Å². The zero-order valence-corrected chi connectivity index (χ0v) is 14.2. The summed E-state index contributed by atoms with van der Waals surface area (Å²) in [6, 6.07) is 9.73. The summed E-state index contributed by atoms with van der Waals surface area (Å²) in [7, 11) is 0. The molecule has 0 unspecified atom stereocenters. The van der Waals surface area contributed by atoms with Gasteiger partial charge in [0, 0.05) is 16.6 Å². The lowest BCUT2D eigenvalue weighted by molar-refractivity contribution is -0.115. The maximum absolute atomic E-state index is 12.0. The van der Waals surface area contributed by atoms with Crippen LogP contribution in [0.5, 0.6) is 0 Å². The standard InChI is InChI=1S/C17H12N4O4S/c18-7-5-14(22)19-13-3-1-11(2-4-13)17(23)24-9-15-20-16(21-25-15)12-6-8-26-10-12/h1-4,6,8,10H,5,9H2,(H,19,22). The van der Waals surface area contributed by atoms with E-state index in [0.717, 1.165) is 5.56 Å². The molecule has 1 amide bonds. The minimum atomic E-state index is -0.560. The minimum absolute atomic E-state index is 0.142. The molecule has 0 bridgehead atoms. The van der Waals surface area contributed by atoms with E-state index >= 15 is 0 Å². The van der Waals surface area contributed by atoms with Gasteiger partial charge in [0.1, 0.15) is 6.42 Å². The molecule has 9 heteroatoms. The van der Waals surface area contributed by atoms with Crippen molar-refractivity contribution in [3.8, 4) is 17.5 Å². The smallest absolute Gasteiger partial charge is 0.338 e. The third-order valence-electron chi connectivity index (χ3n) is 3.22. The summed E-state index contributed by atoms with van der Waals surface area (Å²) in [5.41, 5.74) is 1.63. The second kappa shape index (κ2) is 8.04. The second-order valence-electron chi connectivity index (χ2n) is 5.06. The number of nitrogens with one attached hydrogen (secondary N) is 1. The first kappa shape index (κ1) is 17.3. The molecule has 0 aliphatic heterocycles. The summed E-state index contributed by atoms with van der Waals surface area (Å²) in [4.78, 5) is 27.5. The normalized spacial score (nSPS) is 10.1. The Labute approximate surface area is 152 Å². The number of carbonyl (C=O) groups is 2. The van der Waals surface area contributed by atoms with Gasteiger partial charge in [-0.3, -0.25) is 4.79 Å². The van der Waals surface area contributed by atoms with E-state index in [-0.39, 0.29) is 18.9 Å². The molecular weight excluding hydrogens is 356 g/mol. The maximum Gasteiger partial charge on any atom is 0.338 e. The predicted molar refractivity (Wildman–Crippen MR) is 92.0 cm³/mol. The van der Waals surface area contributed by atoms with E-state index in [1.54, 1.807) is 18.2 Å². The van der Waals surface area contributed by atoms with Gasteiger partial charge in [0.15, 0.2) is 6.61 Å². The van der Waals surface area contributed by atoms with E-state index in [1.807, 2.05) is 16.8 Å². The Morgan fingerprint density at radius 1 is 1.27 bits per heavy atom. The van der Waals surface area contributed by atoms with Gasteiger partial charge in [-0.2, -0.15) is 21.6 Å². The summed E-state index contributed by atoms with van der Waals surface area (Å²) in [5.74, 6) is -0.342. The van der Waals surface area contributed by atoms with Gasteiger partial charge >= 0.3 is 5.97 Å². The fourth-order valence-corrected chi connectivity index (χ4v) is 2.63. The molecule has 0 aliphatic rings. The summed E-state index contributed by atoms with van der Waals surface area (Å²) in [5, 5.41) is 18.6. The summed E-state index contributed by atoms with van der Waals surface area (Å²) < 4.78 is 10.2. The number of rotatable bonds is 6. The van der Waals surface area contributed by atoms with Crippen molar-refractivity contribution in [2.45, 2.75) is 13.0 Å². The fourth-order valence-electron chi connectivity index (χ4n) is 2.00. The molecule has 0 aliphatic carbocycles. The molecular formula is C17H12N4O4S. The second-order valence-corrected chi connectivity index (χ2v) is 5.84. The molecule has 0 saturated carbocycles. The van der Waals surface area contributed by atoms with E-state index in [4.69, 9.17) is 14.5 Å². The molecule has 130 valence electrons. The van der Waals surface area contributed by atoms with Crippen molar-refractivity contribution in [2.75, 3.05) is 5.32 Å². The van der Waals surface area contributed by atoms with Gasteiger partial charge in [-0.05, 0) is 35.7 Å². The van der Waals surface area contributed by atoms with Crippen LogP contribution in [0.4, 0.5) is 5.69 Å². The average molecular weight is 368 g/mol. The van der Waals surface area contributed by atoms with Gasteiger partial charge in [-0.25, -0.2) is 4.79 Å². The molecule has 0 radical (unpaired) electrons. The number of thiophene rings is 1. The lowest BCUT2D eigenvalue weighted by Crippen LogP contribution is -2.10. The molecule has 8 nitrogen and oxygen atoms in total. The topological polar surface area (TPSA) is 118 Å². The van der Waals surface area contributed by atoms with Crippen LogP contribution in [-0.4, -0.2) is 22.0 Å². The highest BCUT2D eigenvalue weighted by Crippen LogP contribution is 2.19. The molecule has 26 heavy (non-hydrogen) atoms. The number of aromatic nitrogens is 2. The number of esters is 1. The highest BCUT2D eigenvalue weighted by Gasteiger charge is 2.13. The highest BCUT2D eigenvalue weighted by atomic mass is 32.1. The zero-order valence-electron chi connectivity index (χ0n) is 13.3. The molecule has 0 fully saturated rings. The molecule has 0 saturated heterocycles. The van der Waals surface area contributed by atoms with Crippen molar-refractivity contribution in [2.24, 2.45) is 0 Å². The molecule has 3 aromatic rings. The molecule has 1 N–H and O–H groups in total. The van der Waals surface area contributed by atoms with Crippen LogP contribution in [0.15, 0.2) is 45.6 Å². The highest BCUT2D eigenvalue weighted by molar-refractivity contribution is 7.08. The molecule has 0 atom stereocenters. The van der Waals surface area contributed by atoms with Crippen molar-refractivity contribution in [1.29, 1.82) is 5.26 Å². The summed E-state index contributed by atoms with van der Waals surface area (Å²) in [6.45, 7) is -0.142. The Bertz CT molecular complexity index is 942. The van der Waals surface area contributed by atoms with Gasteiger partial charge < -0.3 is 14.6 Å². The van der Waals surface area contributed by atoms with E-state index in [0.29, 0.717) is 17.1 Å². The van der Waals surface area contributed by atoms with Gasteiger partial charge in [0.2, 0.25) is 11.7 Å². The van der Waals surface area contributed by atoms with Crippen LogP contribution in [0.25, 0.3) is 11.4 Å². The van der Waals surface area contributed by atoms with Crippen molar-refractivity contribution in [3.05, 3.63) is 52.5 Å². The summed E-state index contributed by atoms with van der Waals surface area (Å²) >= 11 is 1.52. The van der Waals surface area contributed by atoms with Gasteiger partial charge in [-0.15, -0.1) is 0 Å². The molecule has 2 heterocycles. The Kier molecular flexibility index (Phi) is 5.36. The average Bonchev–Trinajstić information content (AvgIpc) is 3.32. The number of benzene rings is 1. The van der Waals surface area contributed by atoms with E-state index in [1.165, 1.54) is 23.5 Å². The molecule has 0 spiro atoms. The number of carbonyl (C=O) groups excluding carboxylic acids is 2. The fraction of sp³-hybridized carbons (Fsp3) is 0.118. The molecule has 3 rings (SSSR count). The number of nitrogens with zero attached hydrogens (tertiary/aromatic N) is 3. The van der Waals surface area contributed by atoms with E-state index < -0.39 is 11.9 Å². The lowest BCUT2D eigenvalue weighted by Gasteiger charge is -2.05. The maximum atomic E-state index is 12.0. The third kappa shape index (κ3) is 4.31. The SMILES string of the molecule is N#CCC(=O)Nc1ccc(C(=O)OCc2nc(-c3ccsc3)no2)cc1. The number of nitriles is 1. The Morgan fingerprint density at radius 3 is 2.77 bits per heavy atom. The number of amides is 1.